The largest absolute Gasteiger partial charge is 0.462 e. The average Bonchev–Trinajstić information content (AvgIpc) is 3.32. The van der Waals surface area contributed by atoms with E-state index in [1.807, 2.05) is 0 Å². The number of hydrogen-bond acceptors (Lipinski definition) is 6. The SMILES string of the molecule is CCCCCCCCCCCCCCCCCCCCCC(=O)OC[C@@H](COC(=O)CCCCCCCCCCCCCC(C)C)OC(=O)CCCCCCCCCCCCCCCCCCC. The van der Waals surface area contributed by atoms with Crippen LogP contribution in [0.4, 0.5) is 0 Å². The Balaban J connectivity index is 4.27. The summed E-state index contributed by atoms with van der Waals surface area (Å²) in [6, 6.07) is 0. The van der Waals surface area contributed by atoms with Crippen molar-refractivity contribution in [3.63, 3.8) is 0 Å². The second-order valence-corrected chi connectivity index (χ2v) is 21.8. The van der Waals surface area contributed by atoms with Crippen LogP contribution in [0.2, 0.25) is 0 Å². The van der Waals surface area contributed by atoms with Gasteiger partial charge >= 0.3 is 17.9 Å². The van der Waals surface area contributed by atoms with Crippen molar-refractivity contribution in [2.75, 3.05) is 13.2 Å². The van der Waals surface area contributed by atoms with E-state index in [9.17, 15) is 14.4 Å². The molecule has 1 atom stereocenters. The lowest BCUT2D eigenvalue weighted by Crippen LogP contribution is -2.30. The summed E-state index contributed by atoms with van der Waals surface area (Å²) in [4.78, 5) is 38.2. The lowest BCUT2D eigenvalue weighted by molar-refractivity contribution is -0.167. The van der Waals surface area contributed by atoms with Crippen molar-refractivity contribution in [1.82, 2.24) is 0 Å². The van der Waals surface area contributed by atoms with Crippen molar-refractivity contribution in [2.24, 2.45) is 5.92 Å². The van der Waals surface area contributed by atoms with E-state index in [0.29, 0.717) is 19.3 Å². The molecule has 0 spiro atoms. The molecule has 0 aromatic heterocycles. The molecule has 0 aromatic carbocycles. The molecule has 0 saturated heterocycles. The predicted molar refractivity (Wildman–Crippen MR) is 293 cm³/mol. The van der Waals surface area contributed by atoms with E-state index < -0.39 is 6.10 Å². The van der Waals surface area contributed by atoms with E-state index in [1.54, 1.807) is 0 Å². The molecule has 0 saturated carbocycles. The number of esters is 3. The van der Waals surface area contributed by atoms with Crippen molar-refractivity contribution in [2.45, 2.75) is 361 Å². The first-order valence-electron chi connectivity index (χ1n) is 30.9. The lowest BCUT2D eigenvalue weighted by Gasteiger charge is -2.18. The summed E-state index contributed by atoms with van der Waals surface area (Å²) in [5.74, 6) is -0.00445. The smallest absolute Gasteiger partial charge is 0.306 e. The van der Waals surface area contributed by atoms with Gasteiger partial charge in [-0.05, 0) is 25.2 Å². The van der Waals surface area contributed by atoms with Crippen LogP contribution in [0.3, 0.4) is 0 Å². The lowest BCUT2D eigenvalue weighted by atomic mass is 10.0. The highest BCUT2D eigenvalue weighted by molar-refractivity contribution is 5.71. The zero-order valence-corrected chi connectivity index (χ0v) is 46.6. The van der Waals surface area contributed by atoms with Crippen molar-refractivity contribution in [1.29, 1.82) is 0 Å². The molecule has 0 aliphatic rings. The predicted octanol–water partition coefficient (Wildman–Crippen LogP) is 20.6. The van der Waals surface area contributed by atoms with Crippen molar-refractivity contribution in [3.8, 4) is 0 Å². The Morgan fingerprint density at radius 1 is 0.279 bits per heavy atom. The Morgan fingerprint density at radius 2 is 0.485 bits per heavy atom. The Hall–Kier alpha value is -1.59. The number of rotatable bonds is 57. The van der Waals surface area contributed by atoms with Gasteiger partial charge in [0.05, 0.1) is 0 Å². The van der Waals surface area contributed by atoms with Gasteiger partial charge in [0.1, 0.15) is 13.2 Å². The molecular formula is C62H120O6. The fourth-order valence-electron chi connectivity index (χ4n) is 9.63. The van der Waals surface area contributed by atoms with E-state index in [2.05, 4.69) is 27.7 Å². The molecule has 6 heteroatoms. The van der Waals surface area contributed by atoms with Crippen LogP contribution in [-0.4, -0.2) is 37.2 Å². The van der Waals surface area contributed by atoms with Crippen LogP contribution in [0, 0.1) is 5.92 Å². The highest BCUT2D eigenvalue weighted by Crippen LogP contribution is 2.18. The Labute approximate surface area is 425 Å². The molecule has 0 aromatic rings. The number of unbranched alkanes of at least 4 members (excludes halogenated alkanes) is 44. The topological polar surface area (TPSA) is 78.9 Å². The van der Waals surface area contributed by atoms with Crippen molar-refractivity contribution in [3.05, 3.63) is 0 Å². The van der Waals surface area contributed by atoms with Crippen LogP contribution in [0.25, 0.3) is 0 Å². The number of carbonyl (C=O) groups is 3. The first-order chi connectivity index (χ1) is 33.4. The molecule has 0 fully saturated rings. The van der Waals surface area contributed by atoms with Gasteiger partial charge in [0.2, 0.25) is 0 Å². The monoisotopic (exact) mass is 961 g/mol. The summed E-state index contributed by atoms with van der Waals surface area (Å²) < 4.78 is 16.9. The highest BCUT2D eigenvalue weighted by Gasteiger charge is 2.19. The summed E-state index contributed by atoms with van der Waals surface area (Å²) in [6.07, 6.45) is 62.4. The van der Waals surface area contributed by atoms with E-state index in [0.717, 1.165) is 63.7 Å². The van der Waals surface area contributed by atoms with Crippen molar-refractivity contribution < 1.29 is 28.6 Å². The van der Waals surface area contributed by atoms with Gasteiger partial charge in [0.15, 0.2) is 6.10 Å². The fraction of sp³-hybridized carbons (Fsp3) is 0.952. The maximum Gasteiger partial charge on any atom is 0.306 e. The van der Waals surface area contributed by atoms with Crippen LogP contribution in [0.1, 0.15) is 355 Å². The first kappa shape index (κ1) is 66.4. The van der Waals surface area contributed by atoms with Gasteiger partial charge in [-0.25, -0.2) is 0 Å². The minimum Gasteiger partial charge on any atom is -0.462 e. The minimum absolute atomic E-state index is 0.0615. The summed E-state index contributed by atoms with van der Waals surface area (Å²) in [6.45, 7) is 9.07. The van der Waals surface area contributed by atoms with Crippen molar-refractivity contribution >= 4 is 17.9 Å². The van der Waals surface area contributed by atoms with Crippen LogP contribution in [0.15, 0.2) is 0 Å². The summed E-state index contributed by atoms with van der Waals surface area (Å²) in [5.41, 5.74) is 0. The van der Waals surface area contributed by atoms with E-state index in [4.69, 9.17) is 14.2 Å². The van der Waals surface area contributed by atoms with Gasteiger partial charge in [0, 0.05) is 19.3 Å². The zero-order chi connectivity index (χ0) is 49.5. The molecule has 0 aliphatic carbocycles. The van der Waals surface area contributed by atoms with Gasteiger partial charge < -0.3 is 14.2 Å². The Morgan fingerprint density at radius 3 is 0.721 bits per heavy atom. The fourth-order valence-corrected chi connectivity index (χ4v) is 9.63. The summed E-state index contributed by atoms with van der Waals surface area (Å²) in [7, 11) is 0. The Bertz CT molecular complexity index is 1030. The third kappa shape index (κ3) is 55.3. The standard InChI is InChI=1S/C62H120O6/c1-5-7-9-11-13-15-17-19-21-23-24-26-27-29-33-37-41-45-49-53-60(63)66-56-59(57-67-61(64)54-50-46-42-38-35-31-32-36-40-44-48-52-58(3)4)68-62(65)55-51-47-43-39-34-30-28-25-22-20-18-16-14-12-10-8-6-2/h58-59H,5-57H2,1-4H3/t59-/m0/s1. The van der Waals surface area contributed by atoms with E-state index in [-0.39, 0.29) is 31.1 Å². The first-order valence-corrected chi connectivity index (χ1v) is 30.9. The molecule has 404 valence electrons. The molecule has 68 heavy (non-hydrogen) atoms. The second-order valence-electron chi connectivity index (χ2n) is 21.8. The molecule has 0 N–H and O–H groups in total. The van der Waals surface area contributed by atoms with Crippen LogP contribution < -0.4 is 0 Å². The molecule has 6 nitrogen and oxygen atoms in total. The van der Waals surface area contributed by atoms with E-state index in [1.165, 1.54) is 250 Å². The second kappa shape index (κ2) is 56.3. The number of carbonyl (C=O) groups excluding carboxylic acids is 3. The normalized spacial score (nSPS) is 12.0. The number of ether oxygens (including phenoxy) is 3. The third-order valence-electron chi connectivity index (χ3n) is 14.3. The maximum atomic E-state index is 12.9. The third-order valence-corrected chi connectivity index (χ3v) is 14.3. The molecule has 0 radical (unpaired) electrons. The molecule has 0 aliphatic heterocycles. The molecule has 0 unspecified atom stereocenters. The quantitative estimate of drug-likeness (QED) is 0.0343. The van der Waals surface area contributed by atoms with Crippen LogP contribution in [0.5, 0.6) is 0 Å². The van der Waals surface area contributed by atoms with Gasteiger partial charge in [-0.3, -0.25) is 14.4 Å². The highest BCUT2D eigenvalue weighted by atomic mass is 16.6. The number of hydrogen-bond donors (Lipinski definition) is 0. The molecule has 0 amide bonds. The van der Waals surface area contributed by atoms with Crippen LogP contribution in [-0.2, 0) is 28.6 Å². The summed E-state index contributed by atoms with van der Waals surface area (Å²) >= 11 is 0. The molecular weight excluding hydrogens is 841 g/mol. The molecule has 0 rings (SSSR count). The molecule has 0 bridgehead atoms. The summed E-state index contributed by atoms with van der Waals surface area (Å²) in [5, 5.41) is 0. The maximum absolute atomic E-state index is 12.9. The van der Waals surface area contributed by atoms with Gasteiger partial charge in [-0.15, -0.1) is 0 Å². The van der Waals surface area contributed by atoms with Gasteiger partial charge in [0.25, 0.3) is 0 Å². The van der Waals surface area contributed by atoms with Crippen LogP contribution >= 0.6 is 0 Å². The molecule has 0 heterocycles. The van der Waals surface area contributed by atoms with E-state index >= 15 is 0 Å². The minimum atomic E-state index is -0.762. The Kier molecular flexibility index (Phi) is 55.0. The zero-order valence-electron chi connectivity index (χ0n) is 46.6. The average molecular weight is 962 g/mol. The van der Waals surface area contributed by atoms with Gasteiger partial charge in [-0.1, -0.05) is 317 Å². The van der Waals surface area contributed by atoms with Gasteiger partial charge in [-0.2, -0.15) is 0 Å².